The van der Waals surface area contributed by atoms with Crippen LogP contribution in [0.2, 0.25) is 0 Å². The monoisotopic (exact) mass is 242 g/mol. The molecule has 88 valence electrons. The van der Waals surface area contributed by atoms with Gasteiger partial charge in [-0.05, 0) is 26.2 Å². The van der Waals surface area contributed by atoms with Crippen LogP contribution in [0.15, 0.2) is 18.2 Å². The summed E-state index contributed by atoms with van der Waals surface area (Å²) >= 11 is 4.70. The van der Waals surface area contributed by atoms with Crippen LogP contribution >= 0.6 is 12.2 Å². The van der Waals surface area contributed by atoms with Crippen molar-refractivity contribution in [3.63, 3.8) is 0 Å². The third kappa shape index (κ3) is 3.75. The van der Waals surface area contributed by atoms with Gasteiger partial charge in [-0.2, -0.15) is 0 Å². The van der Waals surface area contributed by atoms with Crippen LogP contribution in [-0.4, -0.2) is 37.1 Å². The van der Waals surface area contributed by atoms with Crippen molar-refractivity contribution in [2.24, 2.45) is 5.73 Å². The van der Waals surface area contributed by atoms with E-state index < -0.39 is 5.82 Å². The molecule has 0 saturated heterocycles. The van der Waals surface area contributed by atoms with Crippen LogP contribution in [0.1, 0.15) is 5.56 Å². The molecule has 2 N–H and O–H groups in total. The third-order valence-electron chi connectivity index (χ3n) is 2.01. The lowest BCUT2D eigenvalue weighted by molar-refractivity contribution is 0.260. The van der Waals surface area contributed by atoms with Crippen LogP contribution in [0.3, 0.4) is 0 Å². The quantitative estimate of drug-likeness (QED) is 0.792. The highest BCUT2D eigenvalue weighted by Crippen LogP contribution is 2.16. The Bertz CT molecular complexity index is 382. The van der Waals surface area contributed by atoms with Gasteiger partial charge in [0.15, 0.2) is 0 Å². The van der Waals surface area contributed by atoms with Crippen molar-refractivity contribution in [2.45, 2.75) is 0 Å². The maximum atomic E-state index is 13.4. The topological polar surface area (TPSA) is 38.5 Å². The van der Waals surface area contributed by atoms with E-state index in [1.807, 2.05) is 19.0 Å². The van der Waals surface area contributed by atoms with Crippen molar-refractivity contribution in [1.82, 2.24) is 4.90 Å². The number of benzene rings is 1. The average molecular weight is 242 g/mol. The van der Waals surface area contributed by atoms with Gasteiger partial charge in [-0.3, -0.25) is 0 Å². The smallest absolute Gasteiger partial charge is 0.137 e. The summed E-state index contributed by atoms with van der Waals surface area (Å²) < 4.78 is 18.8. The highest BCUT2D eigenvalue weighted by molar-refractivity contribution is 7.80. The number of halogens is 1. The molecule has 0 heterocycles. The molecule has 1 aromatic carbocycles. The normalized spacial score (nSPS) is 10.5. The molecule has 0 atom stereocenters. The van der Waals surface area contributed by atoms with Crippen molar-refractivity contribution >= 4 is 17.2 Å². The first kappa shape index (κ1) is 12.9. The zero-order valence-corrected chi connectivity index (χ0v) is 10.2. The lowest BCUT2D eigenvalue weighted by Gasteiger charge is -2.11. The molecular formula is C11H15FN2OS. The number of likely N-dealkylation sites (N-methyl/N-ethyl adjacent to an activating group) is 1. The maximum Gasteiger partial charge on any atom is 0.137 e. The number of ether oxygens (including phenoxy) is 1. The largest absolute Gasteiger partial charge is 0.492 e. The number of nitrogens with two attached hydrogens (primary N) is 1. The van der Waals surface area contributed by atoms with Gasteiger partial charge in [-0.15, -0.1) is 0 Å². The van der Waals surface area contributed by atoms with Crippen molar-refractivity contribution in [1.29, 1.82) is 0 Å². The maximum absolute atomic E-state index is 13.4. The predicted octanol–water partition coefficient (Wildman–Crippen LogP) is 1.40. The Balaban J connectivity index is 2.63. The Morgan fingerprint density at radius 2 is 2.19 bits per heavy atom. The first-order chi connectivity index (χ1) is 7.50. The highest BCUT2D eigenvalue weighted by atomic mass is 32.1. The van der Waals surface area contributed by atoms with Crippen LogP contribution in [0.5, 0.6) is 5.75 Å². The minimum absolute atomic E-state index is 0.0531. The van der Waals surface area contributed by atoms with Gasteiger partial charge in [0.2, 0.25) is 0 Å². The Morgan fingerprint density at radius 3 is 2.69 bits per heavy atom. The molecule has 0 aliphatic carbocycles. The molecule has 0 saturated carbocycles. The van der Waals surface area contributed by atoms with Gasteiger partial charge in [0, 0.05) is 18.2 Å². The molecule has 0 unspecified atom stereocenters. The van der Waals surface area contributed by atoms with E-state index in [1.54, 1.807) is 6.07 Å². The fourth-order valence-corrected chi connectivity index (χ4v) is 1.30. The second-order valence-corrected chi connectivity index (χ2v) is 4.10. The predicted molar refractivity (Wildman–Crippen MR) is 66.3 cm³/mol. The number of rotatable bonds is 5. The molecule has 1 rings (SSSR count). The van der Waals surface area contributed by atoms with E-state index in [1.165, 1.54) is 12.1 Å². The average Bonchev–Trinajstić information content (AvgIpc) is 2.16. The van der Waals surface area contributed by atoms with Gasteiger partial charge in [-0.25, -0.2) is 4.39 Å². The van der Waals surface area contributed by atoms with Crippen molar-refractivity contribution in [3.8, 4) is 5.75 Å². The minimum Gasteiger partial charge on any atom is -0.492 e. The summed E-state index contributed by atoms with van der Waals surface area (Å²) in [5, 5.41) is 0. The number of hydrogen-bond donors (Lipinski definition) is 1. The van der Waals surface area contributed by atoms with Crippen LogP contribution in [-0.2, 0) is 0 Å². The van der Waals surface area contributed by atoms with Crippen molar-refractivity contribution in [3.05, 3.63) is 29.6 Å². The van der Waals surface area contributed by atoms with E-state index in [4.69, 9.17) is 22.7 Å². The van der Waals surface area contributed by atoms with Crippen molar-refractivity contribution in [2.75, 3.05) is 27.2 Å². The summed E-state index contributed by atoms with van der Waals surface area (Å²) in [5.74, 6) is 0.0363. The third-order valence-corrected chi connectivity index (χ3v) is 2.23. The molecular weight excluding hydrogens is 227 g/mol. The zero-order chi connectivity index (χ0) is 12.1. The van der Waals surface area contributed by atoms with E-state index in [0.717, 1.165) is 6.54 Å². The Kier molecular flexibility index (Phi) is 4.64. The molecule has 16 heavy (non-hydrogen) atoms. The Morgan fingerprint density at radius 1 is 1.50 bits per heavy atom. The van der Waals surface area contributed by atoms with Crippen LogP contribution in [0.4, 0.5) is 4.39 Å². The Hall–Kier alpha value is -1.20. The van der Waals surface area contributed by atoms with Gasteiger partial charge < -0.3 is 15.4 Å². The van der Waals surface area contributed by atoms with Crippen molar-refractivity contribution < 1.29 is 9.13 Å². The molecule has 0 amide bonds. The zero-order valence-electron chi connectivity index (χ0n) is 9.37. The molecule has 0 spiro atoms. The number of nitrogens with zero attached hydrogens (tertiary/aromatic N) is 1. The summed E-state index contributed by atoms with van der Waals surface area (Å²) in [4.78, 5) is 2.04. The Labute approximate surface area is 100.0 Å². The van der Waals surface area contributed by atoms with E-state index in [-0.39, 0.29) is 10.6 Å². The summed E-state index contributed by atoms with van der Waals surface area (Å²) in [6.45, 7) is 1.29. The molecule has 0 radical (unpaired) electrons. The van der Waals surface area contributed by atoms with Crippen LogP contribution in [0, 0.1) is 5.82 Å². The fourth-order valence-electron chi connectivity index (χ4n) is 1.13. The van der Waals surface area contributed by atoms with Gasteiger partial charge in [0.25, 0.3) is 0 Å². The molecule has 3 nitrogen and oxygen atoms in total. The molecule has 0 fully saturated rings. The second kappa shape index (κ2) is 5.77. The van der Waals surface area contributed by atoms with E-state index in [9.17, 15) is 4.39 Å². The minimum atomic E-state index is -0.449. The summed E-state index contributed by atoms with van der Waals surface area (Å²) in [6.07, 6.45) is 0. The van der Waals surface area contributed by atoms with E-state index >= 15 is 0 Å². The highest BCUT2D eigenvalue weighted by Gasteiger charge is 2.06. The molecule has 0 aliphatic rings. The summed E-state index contributed by atoms with van der Waals surface area (Å²) in [5.41, 5.74) is 5.59. The standard InChI is InChI=1S/C11H15FN2OS/c1-14(2)5-6-15-8-3-4-9(11(13)16)10(12)7-8/h3-4,7H,5-6H2,1-2H3,(H2,13,16). The van der Waals surface area contributed by atoms with Gasteiger partial charge in [0.05, 0.1) is 0 Å². The first-order valence-corrected chi connectivity index (χ1v) is 5.28. The molecule has 0 aromatic heterocycles. The number of thiocarbonyl (C=S) groups is 1. The first-order valence-electron chi connectivity index (χ1n) is 4.87. The van der Waals surface area contributed by atoms with E-state index in [2.05, 4.69) is 0 Å². The van der Waals surface area contributed by atoms with Gasteiger partial charge >= 0.3 is 0 Å². The SMILES string of the molecule is CN(C)CCOc1ccc(C(N)=S)c(F)c1. The van der Waals surface area contributed by atoms with Crippen LogP contribution < -0.4 is 10.5 Å². The van der Waals surface area contributed by atoms with Gasteiger partial charge in [-0.1, -0.05) is 12.2 Å². The molecule has 0 aliphatic heterocycles. The second-order valence-electron chi connectivity index (χ2n) is 3.66. The van der Waals surface area contributed by atoms with Crippen LogP contribution in [0.25, 0.3) is 0 Å². The molecule has 5 heteroatoms. The fraction of sp³-hybridized carbons (Fsp3) is 0.364. The lowest BCUT2D eigenvalue weighted by atomic mass is 10.2. The summed E-state index contributed by atoms with van der Waals surface area (Å²) in [6, 6.07) is 4.49. The molecule has 1 aromatic rings. The molecule has 0 bridgehead atoms. The number of hydrogen-bond acceptors (Lipinski definition) is 3. The summed E-state index contributed by atoms with van der Waals surface area (Å²) in [7, 11) is 3.89. The lowest BCUT2D eigenvalue weighted by Crippen LogP contribution is -2.19. The van der Waals surface area contributed by atoms with E-state index in [0.29, 0.717) is 12.4 Å². The van der Waals surface area contributed by atoms with Gasteiger partial charge in [0.1, 0.15) is 23.2 Å².